The van der Waals surface area contributed by atoms with E-state index in [0.717, 1.165) is 0 Å². The summed E-state index contributed by atoms with van der Waals surface area (Å²) in [5.74, 6) is -0.400. The predicted octanol–water partition coefficient (Wildman–Crippen LogP) is 0.663. The molecule has 98 valence electrons. The van der Waals surface area contributed by atoms with Crippen molar-refractivity contribution in [2.75, 3.05) is 11.5 Å². The average Bonchev–Trinajstić information content (AvgIpc) is 2.75. The molecule has 0 amide bonds. The smallest absolute Gasteiger partial charge is 0.315 e. The Morgan fingerprint density at radius 1 is 1.33 bits per heavy atom. The van der Waals surface area contributed by atoms with E-state index in [4.69, 9.17) is 39.4 Å². The van der Waals surface area contributed by atoms with Crippen LogP contribution in [0.4, 0.5) is 11.9 Å². The highest BCUT2D eigenvalue weighted by molar-refractivity contribution is 6.53. The second-order valence-corrected chi connectivity index (χ2v) is 5.74. The van der Waals surface area contributed by atoms with Crippen molar-refractivity contribution in [2.24, 2.45) is 5.41 Å². The van der Waals surface area contributed by atoms with Crippen molar-refractivity contribution in [3.8, 4) is 0 Å². The number of nitrogens with two attached hydrogens (primary N) is 2. The molecular formula is C9H11Cl2N5O2. The quantitative estimate of drug-likeness (QED) is 0.620. The zero-order valence-electron chi connectivity index (χ0n) is 9.48. The molecule has 1 aromatic rings. The van der Waals surface area contributed by atoms with Gasteiger partial charge in [0.15, 0.2) is 12.4 Å². The highest BCUT2D eigenvalue weighted by Crippen LogP contribution is 2.64. The number of ether oxygens (including phenoxy) is 1. The standard InChI is InChI=1S/C9H11Cl2N5O2/c1-8(3-9(8,10)11)5(17)18-2-4-14-6(12)16-7(13)15-4/h2-3H2,1H3,(H4,12,13,14,15,16)/t8-/m0/s1. The van der Waals surface area contributed by atoms with Crippen molar-refractivity contribution in [2.45, 2.75) is 24.3 Å². The maximum absolute atomic E-state index is 11.8. The van der Waals surface area contributed by atoms with Crippen molar-refractivity contribution in [3.05, 3.63) is 5.82 Å². The van der Waals surface area contributed by atoms with Gasteiger partial charge >= 0.3 is 5.97 Å². The lowest BCUT2D eigenvalue weighted by molar-refractivity contribution is -0.151. The fourth-order valence-electron chi connectivity index (χ4n) is 1.43. The van der Waals surface area contributed by atoms with E-state index in [1.54, 1.807) is 6.92 Å². The first-order chi connectivity index (χ1) is 8.24. The fourth-order valence-corrected chi connectivity index (χ4v) is 2.12. The molecule has 1 aromatic heterocycles. The number of hydrogen-bond donors (Lipinski definition) is 2. The van der Waals surface area contributed by atoms with E-state index in [-0.39, 0.29) is 24.3 Å². The topological polar surface area (TPSA) is 117 Å². The fraction of sp³-hybridized carbons (Fsp3) is 0.556. The Morgan fingerprint density at radius 3 is 2.28 bits per heavy atom. The molecule has 1 aliphatic carbocycles. The van der Waals surface area contributed by atoms with Crippen molar-refractivity contribution in [1.82, 2.24) is 15.0 Å². The van der Waals surface area contributed by atoms with Gasteiger partial charge in [-0.1, -0.05) is 0 Å². The molecule has 2 rings (SSSR count). The van der Waals surface area contributed by atoms with Gasteiger partial charge in [0.05, 0.1) is 0 Å². The third-order valence-corrected chi connectivity index (χ3v) is 3.86. The summed E-state index contributed by atoms with van der Waals surface area (Å²) in [6, 6.07) is 0. The molecule has 4 N–H and O–H groups in total. The number of alkyl halides is 2. The van der Waals surface area contributed by atoms with Gasteiger partial charge < -0.3 is 16.2 Å². The monoisotopic (exact) mass is 291 g/mol. The molecule has 0 spiro atoms. The highest BCUT2D eigenvalue weighted by Gasteiger charge is 2.69. The van der Waals surface area contributed by atoms with E-state index >= 15 is 0 Å². The van der Waals surface area contributed by atoms with Gasteiger partial charge in [-0.05, 0) is 6.92 Å². The Bertz CT molecular complexity index is 489. The number of nitrogen functional groups attached to an aromatic ring is 2. The molecule has 0 bridgehead atoms. The Labute approximate surface area is 113 Å². The number of esters is 1. The van der Waals surface area contributed by atoms with Gasteiger partial charge in [0, 0.05) is 6.42 Å². The molecule has 0 aromatic carbocycles. The third kappa shape index (κ3) is 2.28. The molecule has 1 saturated carbocycles. The van der Waals surface area contributed by atoms with Gasteiger partial charge in [0.25, 0.3) is 0 Å². The zero-order chi connectivity index (χ0) is 13.6. The second kappa shape index (κ2) is 4.10. The van der Waals surface area contributed by atoms with Gasteiger partial charge in [-0.15, -0.1) is 23.2 Å². The molecule has 7 nitrogen and oxygen atoms in total. The minimum Gasteiger partial charge on any atom is -0.457 e. The Hall–Kier alpha value is -1.34. The molecule has 0 unspecified atom stereocenters. The van der Waals surface area contributed by atoms with Crippen LogP contribution >= 0.6 is 23.2 Å². The van der Waals surface area contributed by atoms with Crippen LogP contribution in [0.3, 0.4) is 0 Å². The van der Waals surface area contributed by atoms with E-state index in [9.17, 15) is 4.79 Å². The summed E-state index contributed by atoms with van der Waals surface area (Å²) in [5.41, 5.74) is 9.88. The van der Waals surface area contributed by atoms with E-state index in [1.165, 1.54) is 0 Å². The number of anilines is 2. The van der Waals surface area contributed by atoms with Crippen LogP contribution in [-0.2, 0) is 16.1 Å². The normalized spacial score (nSPS) is 24.6. The number of halogens is 2. The van der Waals surface area contributed by atoms with Crippen LogP contribution in [0.25, 0.3) is 0 Å². The van der Waals surface area contributed by atoms with Crippen molar-refractivity contribution < 1.29 is 9.53 Å². The van der Waals surface area contributed by atoms with Gasteiger partial charge in [0.2, 0.25) is 11.9 Å². The lowest BCUT2D eigenvalue weighted by atomic mass is 10.1. The first-order valence-corrected chi connectivity index (χ1v) is 5.81. The third-order valence-electron chi connectivity index (χ3n) is 2.76. The van der Waals surface area contributed by atoms with Gasteiger partial charge in [-0.25, -0.2) is 0 Å². The Balaban J connectivity index is 1.98. The van der Waals surface area contributed by atoms with Gasteiger partial charge in [0.1, 0.15) is 9.75 Å². The summed E-state index contributed by atoms with van der Waals surface area (Å²) in [6.45, 7) is 1.47. The summed E-state index contributed by atoms with van der Waals surface area (Å²) >= 11 is 11.7. The molecule has 18 heavy (non-hydrogen) atoms. The van der Waals surface area contributed by atoms with Crippen LogP contribution in [0, 0.1) is 5.41 Å². The molecule has 1 heterocycles. The summed E-state index contributed by atoms with van der Waals surface area (Å²) < 4.78 is 3.96. The first-order valence-electron chi connectivity index (χ1n) is 5.05. The zero-order valence-corrected chi connectivity index (χ0v) is 11.0. The second-order valence-electron chi connectivity index (χ2n) is 4.26. The number of carbonyl (C=O) groups is 1. The number of aromatic nitrogens is 3. The van der Waals surface area contributed by atoms with Crippen molar-refractivity contribution in [1.29, 1.82) is 0 Å². The molecule has 1 atom stereocenters. The largest absolute Gasteiger partial charge is 0.457 e. The molecule has 1 aliphatic rings. The average molecular weight is 292 g/mol. The van der Waals surface area contributed by atoms with Crippen LogP contribution in [0.2, 0.25) is 0 Å². The summed E-state index contributed by atoms with van der Waals surface area (Å²) in [4.78, 5) is 22.9. The van der Waals surface area contributed by atoms with Crippen LogP contribution in [0.1, 0.15) is 19.2 Å². The molecule has 1 fully saturated rings. The minimum atomic E-state index is -1.07. The highest BCUT2D eigenvalue weighted by atomic mass is 35.5. The maximum atomic E-state index is 11.8. The lowest BCUT2D eigenvalue weighted by Crippen LogP contribution is -2.21. The Morgan fingerprint density at radius 2 is 1.83 bits per heavy atom. The molecule has 0 radical (unpaired) electrons. The van der Waals surface area contributed by atoms with Crippen LogP contribution in [0.15, 0.2) is 0 Å². The number of hydrogen-bond acceptors (Lipinski definition) is 7. The van der Waals surface area contributed by atoms with Gasteiger partial charge in [-0.2, -0.15) is 15.0 Å². The molecule has 0 aliphatic heterocycles. The summed E-state index contributed by atoms with van der Waals surface area (Å²) in [5, 5.41) is 0. The van der Waals surface area contributed by atoms with E-state index in [1.807, 2.05) is 0 Å². The number of nitrogens with zero attached hydrogens (tertiary/aromatic N) is 3. The molecular weight excluding hydrogens is 281 g/mol. The SMILES string of the molecule is C[C@@]1(C(=O)OCc2nc(N)nc(N)n2)CC1(Cl)Cl. The first kappa shape index (κ1) is 13.1. The van der Waals surface area contributed by atoms with Crippen molar-refractivity contribution >= 4 is 41.1 Å². The van der Waals surface area contributed by atoms with E-state index < -0.39 is 15.7 Å². The minimum absolute atomic E-state index is 0.0322. The summed E-state index contributed by atoms with van der Waals surface area (Å²) in [6.07, 6.45) is 0.351. The number of rotatable bonds is 3. The Kier molecular flexibility index (Phi) is 2.98. The van der Waals surface area contributed by atoms with Crippen LogP contribution in [-0.4, -0.2) is 25.3 Å². The van der Waals surface area contributed by atoms with Gasteiger partial charge in [-0.3, -0.25) is 4.79 Å². The van der Waals surface area contributed by atoms with Crippen LogP contribution < -0.4 is 11.5 Å². The van der Waals surface area contributed by atoms with E-state index in [2.05, 4.69) is 15.0 Å². The lowest BCUT2D eigenvalue weighted by Gasteiger charge is -2.11. The maximum Gasteiger partial charge on any atom is 0.315 e. The van der Waals surface area contributed by atoms with E-state index in [0.29, 0.717) is 6.42 Å². The summed E-state index contributed by atoms with van der Waals surface area (Å²) in [7, 11) is 0. The molecule has 9 heteroatoms. The molecule has 0 saturated heterocycles. The predicted molar refractivity (Wildman–Crippen MR) is 65.6 cm³/mol. The van der Waals surface area contributed by atoms with Crippen LogP contribution in [0.5, 0.6) is 0 Å². The number of carbonyl (C=O) groups excluding carboxylic acids is 1. The van der Waals surface area contributed by atoms with Crippen molar-refractivity contribution in [3.63, 3.8) is 0 Å².